The van der Waals surface area contributed by atoms with Crippen LogP contribution in [-0.4, -0.2) is 51.2 Å². The number of nitrogens with two attached hydrogens (primary N) is 1. The van der Waals surface area contributed by atoms with Gasteiger partial charge in [0.15, 0.2) is 0 Å². The van der Waals surface area contributed by atoms with Gasteiger partial charge < -0.3 is 24.7 Å². The summed E-state index contributed by atoms with van der Waals surface area (Å²) in [5.41, 5.74) is 8.73. The molecule has 4 heterocycles. The number of nitrogens with zero attached hydrogens (tertiary/aromatic N) is 5. The summed E-state index contributed by atoms with van der Waals surface area (Å²) < 4.78 is 14.3. The van der Waals surface area contributed by atoms with Crippen molar-refractivity contribution >= 4 is 27.8 Å². The summed E-state index contributed by atoms with van der Waals surface area (Å²) in [7, 11) is 4.08. The molecule has 1 aliphatic rings. The highest BCUT2D eigenvalue weighted by Crippen LogP contribution is 2.32. The van der Waals surface area contributed by atoms with Gasteiger partial charge in [-0.3, -0.25) is 4.98 Å². The zero-order valence-corrected chi connectivity index (χ0v) is 17.7. The summed E-state index contributed by atoms with van der Waals surface area (Å²) in [5.74, 6) is 1.29. The molecule has 160 valence electrons. The first kappa shape index (κ1) is 19.7. The molecule has 5 rings (SSSR count). The van der Waals surface area contributed by atoms with E-state index in [1.54, 1.807) is 0 Å². The van der Waals surface area contributed by atoms with Crippen LogP contribution in [0.3, 0.4) is 0 Å². The average Bonchev–Trinajstić information content (AvgIpc) is 3.39. The first-order valence-electron chi connectivity index (χ1n) is 10.5. The number of hydrogen-bond acceptors (Lipinski definition) is 7. The van der Waals surface area contributed by atoms with Crippen molar-refractivity contribution < 1.29 is 9.47 Å². The Morgan fingerprint density at radius 2 is 2.03 bits per heavy atom. The highest BCUT2D eigenvalue weighted by atomic mass is 16.6. The first-order chi connectivity index (χ1) is 15.1. The molecule has 0 radical (unpaired) electrons. The van der Waals surface area contributed by atoms with Crippen molar-refractivity contribution in [3.63, 3.8) is 0 Å². The van der Waals surface area contributed by atoms with Crippen molar-refractivity contribution in [2.45, 2.75) is 31.7 Å². The van der Waals surface area contributed by atoms with Gasteiger partial charge in [-0.2, -0.15) is 0 Å². The van der Waals surface area contributed by atoms with E-state index in [9.17, 15) is 0 Å². The Morgan fingerprint density at radius 3 is 2.90 bits per heavy atom. The Hall–Kier alpha value is -3.23. The molecule has 0 amide bonds. The molecule has 0 saturated carbocycles. The van der Waals surface area contributed by atoms with Crippen LogP contribution in [-0.2, 0) is 11.3 Å². The lowest BCUT2D eigenvalue weighted by Gasteiger charge is -2.16. The van der Waals surface area contributed by atoms with E-state index in [0.29, 0.717) is 12.4 Å². The van der Waals surface area contributed by atoms with E-state index in [0.717, 1.165) is 52.8 Å². The lowest BCUT2D eigenvalue weighted by molar-refractivity contribution is -0.0156. The Bertz CT molecular complexity index is 1220. The normalized spacial score (nSPS) is 18.9. The number of pyridine rings is 1. The molecule has 2 N–H and O–H groups in total. The van der Waals surface area contributed by atoms with E-state index >= 15 is 0 Å². The summed E-state index contributed by atoms with van der Waals surface area (Å²) in [6, 6.07) is 12.1. The van der Waals surface area contributed by atoms with Gasteiger partial charge in [-0.15, -0.1) is 0 Å². The summed E-state index contributed by atoms with van der Waals surface area (Å²) in [6.45, 7) is 1.30. The maximum Gasteiger partial charge on any atom is 0.147 e. The van der Waals surface area contributed by atoms with Gasteiger partial charge in [0, 0.05) is 24.2 Å². The fourth-order valence-corrected chi connectivity index (χ4v) is 4.07. The van der Waals surface area contributed by atoms with Crippen LogP contribution in [0.25, 0.3) is 21.9 Å². The van der Waals surface area contributed by atoms with Crippen LogP contribution in [0.5, 0.6) is 5.75 Å². The van der Waals surface area contributed by atoms with Gasteiger partial charge in [0.2, 0.25) is 0 Å². The number of fused-ring (bicyclic) bond motifs is 2. The van der Waals surface area contributed by atoms with Gasteiger partial charge in [0.25, 0.3) is 0 Å². The molecule has 2 atom stereocenters. The maximum atomic E-state index is 6.24. The van der Waals surface area contributed by atoms with Gasteiger partial charge in [-0.1, -0.05) is 6.07 Å². The molecular formula is C23H26N6O2. The summed E-state index contributed by atoms with van der Waals surface area (Å²) in [5, 5.41) is 1.95. The lowest BCUT2D eigenvalue weighted by Crippen LogP contribution is -2.18. The van der Waals surface area contributed by atoms with E-state index in [2.05, 4.69) is 27.0 Å². The van der Waals surface area contributed by atoms with Crippen LogP contribution in [0.2, 0.25) is 0 Å². The van der Waals surface area contributed by atoms with Gasteiger partial charge in [-0.05, 0) is 51.2 Å². The van der Waals surface area contributed by atoms with E-state index < -0.39 is 0 Å². The minimum Gasteiger partial charge on any atom is -0.491 e. The molecule has 1 saturated heterocycles. The van der Waals surface area contributed by atoms with Crippen LogP contribution in [0.4, 0.5) is 5.82 Å². The molecule has 8 nitrogen and oxygen atoms in total. The van der Waals surface area contributed by atoms with E-state index in [-0.39, 0.29) is 12.3 Å². The van der Waals surface area contributed by atoms with Crippen LogP contribution in [0.1, 0.15) is 24.8 Å². The van der Waals surface area contributed by atoms with Crippen molar-refractivity contribution in [1.29, 1.82) is 0 Å². The largest absolute Gasteiger partial charge is 0.491 e. The number of anilines is 1. The fraction of sp³-hybridized carbons (Fsp3) is 0.348. The topological polar surface area (TPSA) is 91.3 Å². The molecule has 1 fully saturated rings. The number of rotatable bonds is 6. The molecule has 8 heteroatoms. The van der Waals surface area contributed by atoms with Crippen LogP contribution in [0.15, 0.2) is 48.9 Å². The zero-order chi connectivity index (χ0) is 21.4. The van der Waals surface area contributed by atoms with Crippen LogP contribution < -0.4 is 10.5 Å². The van der Waals surface area contributed by atoms with Gasteiger partial charge >= 0.3 is 0 Å². The van der Waals surface area contributed by atoms with E-state index in [4.69, 9.17) is 20.2 Å². The lowest BCUT2D eigenvalue weighted by atomic mass is 10.2. The predicted octanol–water partition coefficient (Wildman–Crippen LogP) is 3.38. The smallest absolute Gasteiger partial charge is 0.147 e. The third-order valence-corrected chi connectivity index (χ3v) is 5.57. The molecule has 2 unspecified atom stereocenters. The molecule has 1 aliphatic heterocycles. The monoisotopic (exact) mass is 418 g/mol. The van der Waals surface area contributed by atoms with Crippen LogP contribution >= 0.6 is 0 Å². The molecule has 0 aliphatic carbocycles. The number of nitrogen functional groups attached to an aromatic ring is 1. The van der Waals surface area contributed by atoms with Crippen molar-refractivity contribution in [2.24, 2.45) is 0 Å². The van der Waals surface area contributed by atoms with Gasteiger partial charge in [0.1, 0.15) is 36.4 Å². The first-order valence-corrected chi connectivity index (χ1v) is 10.5. The highest BCUT2D eigenvalue weighted by molar-refractivity contribution is 5.86. The molecule has 1 aromatic carbocycles. The maximum absolute atomic E-state index is 6.24. The molecule has 4 aromatic rings. The Kier molecular flexibility index (Phi) is 5.17. The van der Waals surface area contributed by atoms with Crippen LogP contribution in [0, 0.1) is 0 Å². The number of benzene rings is 1. The Labute approximate surface area is 180 Å². The number of aromatic nitrogens is 4. The second-order valence-electron chi connectivity index (χ2n) is 8.22. The molecule has 0 bridgehead atoms. The zero-order valence-electron chi connectivity index (χ0n) is 17.7. The minimum absolute atomic E-state index is 0.0189. The van der Waals surface area contributed by atoms with Crippen molar-refractivity contribution in [1.82, 2.24) is 24.4 Å². The fourth-order valence-electron chi connectivity index (χ4n) is 4.07. The Balaban J connectivity index is 1.25. The van der Waals surface area contributed by atoms with Gasteiger partial charge in [-0.25, -0.2) is 9.97 Å². The standard InChI is InChI=1S/C23H26N6O2/c1-28(2)12-16-5-3-15-4-6-17(11-20(15)27-16)30-13-18-7-8-21(31-18)29-10-9-19-22(24)25-14-26-23(19)29/h3-6,9-11,14,18,21H,7-8,12-13H2,1-2H3,(H2,24,25,26). The number of ether oxygens (including phenoxy) is 2. The Morgan fingerprint density at radius 1 is 1.16 bits per heavy atom. The summed E-state index contributed by atoms with van der Waals surface area (Å²) in [4.78, 5) is 15.3. The third-order valence-electron chi connectivity index (χ3n) is 5.57. The molecular weight excluding hydrogens is 392 g/mol. The highest BCUT2D eigenvalue weighted by Gasteiger charge is 2.28. The quantitative estimate of drug-likeness (QED) is 0.513. The summed E-state index contributed by atoms with van der Waals surface area (Å²) in [6.07, 6.45) is 5.21. The van der Waals surface area contributed by atoms with E-state index in [1.165, 1.54) is 6.33 Å². The van der Waals surface area contributed by atoms with E-state index in [1.807, 2.05) is 49.1 Å². The predicted molar refractivity (Wildman–Crippen MR) is 120 cm³/mol. The molecule has 31 heavy (non-hydrogen) atoms. The second-order valence-corrected chi connectivity index (χ2v) is 8.22. The minimum atomic E-state index is -0.0766. The van der Waals surface area contributed by atoms with Crippen molar-refractivity contribution in [2.75, 3.05) is 26.4 Å². The van der Waals surface area contributed by atoms with Crippen molar-refractivity contribution in [3.8, 4) is 5.75 Å². The second kappa shape index (κ2) is 8.13. The summed E-state index contributed by atoms with van der Waals surface area (Å²) >= 11 is 0. The SMILES string of the molecule is CN(C)Cc1ccc2ccc(OCC3CCC(n4ccc5c(N)ncnc54)O3)cc2n1. The third kappa shape index (κ3) is 4.04. The number of hydrogen-bond donors (Lipinski definition) is 1. The molecule has 0 spiro atoms. The average molecular weight is 419 g/mol. The van der Waals surface area contributed by atoms with Crippen molar-refractivity contribution in [3.05, 3.63) is 54.6 Å². The van der Waals surface area contributed by atoms with Gasteiger partial charge in [0.05, 0.1) is 22.7 Å². The molecule has 3 aromatic heterocycles.